The molecule has 1 aliphatic carbocycles. The summed E-state index contributed by atoms with van der Waals surface area (Å²) < 4.78 is 33.3. The van der Waals surface area contributed by atoms with Crippen LogP contribution in [0.15, 0.2) is 36.4 Å². The highest BCUT2D eigenvalue weighted by Gasteiger charge is 2.28. The summed E-state index contributed by atoms with van der Waals surface area (Å²) in [5, 5.41) is 2.65. The largest absolute Gasteiger partial charge is 0.474 e. The highest BCUT2D eigenvalue weighted by molar-refractivity contribution is 6.00. The summed E-state index contributed by atoms with van der Waals surface area (Å²) in [5.74, 6) is 0.546. The van der Waals surface area contributed by atoms with Crippen molar-refractivity contribution < 1.29 is 28.2 Å². The Labute approximate surface area is 264 Å². The van der Waals surface area contributed by atoms with E-state index in [1.165, 1.54) is 18.6 Å². The zero-order chi connectivity index (χ0) is 31.6. The summed E-state index contributed by atoms with van der Waals surface area (Å²) in [6.07, 6.45) is 9.71. The van der Waals surface area contributed by atoms with Crippen molar-refractivity contribution in [2.45, 2.75) is 90.6 Å². The molecule has 3 aromatic rings. The van der Waals surface area contributed by atoms with E-state index in [4.69, 9.17) is 24.2 Å². The Morgan fingerprint density at radius 1 is 1.09 bits per heavy atom. The fraction of sp³-hybridized carbons (Fsp3) is 0.529. The first-order valence-electron chi connectivity index (χ1n) is 16.2. The summed E-state index contributed by atoms with van der Waals surface area (Å²) in [6.45, 7) is 6.09. The second kappa shape index (κ2) is 15.9. The number of benzene rings is 1. The Hall–Kier alpha value is -3.83. The van der Waals surface area contributed by atoms with Gasteiger partial charge in [-0.1, -0.05) is 18.6 Å². The van der Waals surface area contributed by atoms with E-state index < -0.39 is 0 Å². The van der Waals surface area contributed by atoms with Gasteiger partial charge in [0.25, 0.3) is 5.91 Å². The average molecular weight is 622 g/mol. The molecule has 1 saturated heterocycles. The van der Waals surface area contributed by atoms with E-state index in [0.717, 1.165) is 50.5 Å². The smallest absolute Gasteiger partial charge is 0.274 e. The van der Waals surface area contributed by atoms with Gasteiger partial charge in [-0.25, -0.2) is 14.4 Å². The number of ether oxygens (including phenoxy) is 3. The zero-order valence-electron chi connectivity index (χ0n) is 26.3. The maximum absolute atomic E-state index is 14.2. The van der Waals surface area contributed by atoms with E-state index in [2.05, 4.69) is 5.32 Å². The molecule has 0 radical (unpaired) electrons. The monoisotopic (exact) mass is 621 g/mol. The van der Waals surface area contributed by atoms with Crippen molar-refractivity contribution in [2.24, 2.45) is 0 Å². The lowest BCUT2D eigenvalue weighted by molar-refractivity contribution is -0.162. The molecule has 1 N–H and O–H groups in total. The van der Waals surface area contributed by atoms with E-state index in [-0.39, 0.29) is 42.2 Å². The molecule has 10 nitrogen and oxygen atoms in total. The SMILES string of the molecule is CCN(CCCOC1CCCCO1)C(=O)c1c(NC=O)nc(-c2ccc(OC3CCCCC3)nc2C)n1Cc1ccc(F)cc1. The van der Waals surface area contributed by atoms with Crippen LogP contribution in [0.1, 0.15) is 86.5 Å². The first kappa shape index (κ1) is 32.6. The van der Waals surface area contributed by atoms with Crippen molar-refractivity contribution in [3.63, 3.8) is 0 Å². The summed E-state index contributed by atoms with van der Waals surface area (Å²) in [5.41, 5.74) is 2.39. The van der Waals surface area contributed by atoms with Gasteiger partial charge in [-0.2, -0.15) is 0 Å². The molecule has 1 aliphatic heterocycles. The Bertz CT molecular complexity index is 1420. The summed E-state index contributed by atoms with van der Waals surface area (Å²) >= 11 is 0. The molecule has 2 fully saturated rings. The number of hydrogen-bond donors (Lipinski definition) is 1. The van der Waals surface area contributed by atoms with E-state index in [9.17, 15) is 14.0 Å². The topological polar surface area (TPSA) is 108 Å². The van der Waals surface area contributed by atoms with Gasteiger partial charge in [0, 0.05) is 37.9 Å². The number of nitrogens with zero attached hydrogens (tertiary/aromatic N) is 4. The molecule has 45 heavy (non-hydrogen) atoms. The minimum absolute atomic E-state index is 0.152. The number of hydrogen-bond acceptors (Lipinski definition) is 7. The molecular weight excluding hydrogens is 577 g/mol. The van der Waals surface area contributed by atoms with Gasteiger partial charge in [0.1, 0.15) is 17.7 Å². The molecule has 0 spiro atoms. The molecule has 2 amide bonds. The van der Waals surface area contributed by atoms with Crippen LogP contribution in [0.5, 0.6) is 5.88 Å². The Balaban J connectivity index is 1.44. The van der Waals surface area contributed by atoms with Crippen molar-refractivity contribution in [1.29, 1.82) is 0 Å². The number of halogens is 1. The standard InChI is InChI=1S/C34H44FN5O5/c1-3-39(19-9-21-44-30-12-7-8-20-43-30)34(42)31-32(36-23-41)38-33(40(31)22-25-13-15-26(35)16-14-25)28-17-18-29(37-24(28)2)45-27-10-5-4-6-11-27/h13-18,23,27,30H,3-12,19-22H2,1-2H3,(H,36,41). The van der Waals surface area contributed by atoms with Gasteiger partial charge in [-0.15, -0.1) is 0 Å². The van der Waals surface area contributed by atoms with Crippen molar-refractivity contribution in [3.8, 4) is 17.3 Å². The van der Waals surface area contributed by atoms with E-state index in [0.29, 0.717) is 62.1 Å². The molecule has 2 aromatic heterocycles. The summed E-state index contributed by atoms with van der Waals surface area (Å²) in [6, 6.07) is 9.85. The summed E-state index contributed by atoms with van der Waals surface area (Å²) in [7, 11) is 0. The molecule has 1 aromatic carbocycles. The Morgan fingerprint density at radius 3 is 2.56 bits per heavy atom. The van der Waals surface area contributed by atoms with Crippen LogP contribution in [0, 0.1) is 12.7 Å². The molecule has 1 saturated carbocycles. The minimum Gasteiger partial charge on any atom is -0.474 e. The van der Waals surface area contributed by atoms with Crippen molar-refractivity contribution in [1.82, 2.24) is 19.4 Å². The third-order valence-corrected chi connectivity index (χ3v) is 8.44. The lowest BCUT2D eigenvalue weighted by Gasteiger charge is -2.25. The van der Waals surface area contributed by atoms with Gasteiger partial charge in [-0.05, 0) is 89.0 Å². The molecular formula is C34H44FN5O5. The second-order valence-corrected chi connectivity index (χ2v) is 11.7. The number of imidazole rings is 1. The maximum atomic E-state index is 14.2. The highest BCUT2D eigenvalue weighted by Crippen LogP contribution is 2.31. The van der Waals surface area contributed by atoms with Crippen LogP contribution in [0.3, 0.4) is 0 Å². The lowest BCUT2D eigenvalue weighted by atomic mass is 9.98. The van der Waals surface area contributed by atoms with Gasteiger partial charge in [0.05, 0.1) is 12.3 Å². The Kier molecular flexibility index (Phi) is 11.5. The normalized spacial score (nSPS) is 17.2. The van der Waals surface area contributed by atoms with Gasteiger partial charge in [-0.3, -0.25) is 9.59 Å². The number of pyridine rings is 1. The van der Waals surface area contributed by atoms with E-state index in [1.54, 1.807) is 21.6 Å². The number of carbonyl (C=O) groups excluding carboxylic acids is 2. The van der Waals surface area contributed by atoms with Gasteiger partial charge in [0.15, 0.2) is 17.8 Å². The van der Waals surface area contributed by atoms with E-state index >= 15 is 0 Å². The molecule has 3 heterocycles. The van der Waals surface area contributed by atoms with Crippen LogP contribution in [0.2, 0.25) is 0 Å². The van der Waals surface area contributed by atoms with Gasteiger partial charge >= 0.3 is 0 Å². The lowest BCUT2D eigenvalue weighted by Crippen LogP contribution is -2.35. The van der Waals surface area contributed by atoms with Crippen LogP contribution in [0.25, 0.3) is 11.4 Å². The molecule has 1 unspecified atom stereocenters. The number of carbonyl (C=O) groups is 2. The first-order valence-corrected chi connectivity index (χ1v) is 16.2. The number of nitrogens with one attached hydrogen (secondary N) is 1. The predicted octanol–water partition coefficient (Wildman–Crippen LogP) is 6.12. The quantitative estimate of drug-likeness (QED) is 0.171. The van der Waals surface area contributed by atoms with Crippen LogP contribution in [0.4, 0.5) is 10.2 Å². The number of anilines is 1. The minimum atomic E-state index is -0.351. The third-order valence-electron chi connectivity index (χ3n) is 8.44. The van der Waals surface area contributed by atoms with Gasteiger partial charge < -0.3 is 29.0 Å². The summed E-state index contributed by atoms with van der Waals surface area (Å²) in [4.78, 5) is 37.1. The van der Waals surface area contributed by atoms with Crippen molar-refractivity contribution >= 4 is 18.1 Å². The third kappa shape index (κ3) is 8.46. The zero-order valence-corrected chi connectivity index (χ0v) is 26.3. The van der Waals surface area contributed by atoms with Crippen LogP contribution in [-0.4, -0.2) is 70.4 Å². The number of aryl methyl sites for hydroxylation is 1. The molecule has 11 heteroatoms. The Morgan fingerprint density at radius 2 is 1.87 bits per heavy atom. The first-order chi connectivity index (χ1) is 22.0. The maximum Gasteiger partial charge on any atom is 0.274 e. The number of amides is 2. The van der Waals surface area contributed by atoms with Crippen molar-refractivity contribution in [3.05, 3.63) is 59.2 Å². The van der Waals surface area contributed by atoms with E-state index in [1.807, 2.05) is 26.0 Å². The number of aromatic nitrogens is 3. The fourth-order valence-corrected chi connectivity index (χ4v) is 6.02. The molecule has 2 aliphatic rings. The van der Waals surface area contributed by atoms with Crippen molar-refractivity contribution in [2.75, 3.05) is 31.6 Å². The molecule has 1 atom stereocenters. The highest BCUT2D eigenvalue weighted by atomic mass is 19.1. The van der Waals surface area contributed by atoms with Crippen LogP contribution < -0.4 is 10.1 Å². The predicted molar refractivity (Wildman–Crippen MR) is 169 cm³/mol. The molecule has 0 bridgehead atoms. The fourth-order valence-electron chi connectivity index (χ4n) is 6.02. The van der Waals surface area contributed by atoms with Crippen LogP contribution in [-0.2, 0) is 20.8 Å². The number of rotatable bonds is 14. The average Bonchev–Trinajstić information content (AvgIpc) is 3.40. The van der Waals surface area contributed by atoms with Crippen LogP contribution >= 0.6 is 0 Å². The molecule has 5 rings (SSSR count). The second-order valence-electron chi connectivity index (χ2n) is 11.7. The van der Waals surface area contributed by atoms with Gasteiger partial charge in [0.2, 0.25) is 12.3 Å². The molecule has 242 valence electrons.